The van der Waals surface area contributed by atoms with Crippen molar-refractivity contribution in [3.8, 4) is 5.75 Å². The second-order valence-electron chi connectivity index (χ2n) is 6.96. The van der Waals surface area contributed by atoms with Crippen LogP contribution in [0.1, 0.15) is 44.6 Å². The Morgan fingerprint density at radius 1 is 1.25 bits per heavy atom. The summed E-state index contributed by atoms with van der Waals surface area (Å²) < 4.78 is 0. The Hall–Kier alpha value is -1.02. The molecule has 2 N–H and O–H groups in total. The maximum atomic E-state index is 9.45. The van der Waals surface area contributed by atoms with Crippen LogP contribution in [0, 0.1) is 17.3 Å². The highest BCUT2D eigenvalue weighted by Crippen LogP contribution is 2.57. The average molecular weight is 273 g/mol. The van der Waals surface area contributed by atoms with Crippen LogP contribution < -0.4 is 5.32 Å². The molecule has 0 aliphatic heterocycles. The molecule has 0 spiro atoms. The number of phenolic OH excluding ortho intramolecular Hbond substituents is 1. The molecule has 1 aromatic rings. The van der Waals surface area contributed by atoms with E-state index in [4.69, 9.17) is 0 Å². The number of rotatable bonds is 6. The number of benzene rings is 1. The first-order chi connectivity index (χ1) is 9.72. The molecule has 110 valence electrons. The van der Waals surface area contributed by atoms with Crippen LogP contribution in [-0.4, -0.2) is 18.2 Å². The molecule has 0 aromatic heterocycles. The third-order valence-corrected chi connectivity index (χ3v) is 5.50. The summed E-state index contributed by atoms with van der Waals surface area (Å²) in [5, 5.41) is 13.1. The highest BCUT2D eigenvalue weighted by Gasteiger charge is 2.50. The van der Waals surface area contributed by atoms with Gasteiger partial charge in [-0.1, -0.05) is 25.5 Å². The minimum Gasteiger partial charge on any atom is -0.508 e. The van der Waals surface area contributed by atoms with E-state index in [9.17, 15) is 5.11 Å². The molecule has 2 bridgehead atoms. The van der Waals surface area contributed by atoms with E-state index in [1.165, 1.54) is 50.6 Å². The summed E-state index contributed by atoms with van der Waals surface area (Å²) in [5.41, 5.74) is 1.85. The number of aromatic hydroxyl groups is 1. The van der Waals surface area contributed by atoms with Crippen LogP contribution in [0.3, 0.4) is 0 Å². The summed E-state index contributed by atoms with van der Waals surface area (Å²) in [6, 6.07) is 7.86. The van der Waals surface area contributed by atoms with Gasteiger partial charge in [0, 0.05) is 6.54 Å². The van der Waals surface area contributed by atoms with Crippen LogP contribution in [0.2, 0.25) is 0 Å². The fourth-order valence-corrected chi connectivity index (χ4v) is 4.59. The lowest BCUT2D eigenvalue weighted by molar-refractivity contribution is 0.156. The van der Waals surface area contributed by atoms with Crippen LogP contribution in [-0.2, 0) is 6.42 Å². The fourth-order valence-electron chi connectivity index (χ4n) is 4.59. The predicted octanol–water partition coefficient (Wildman–Crippen LogP) is 3.74. The largest absolute Gasteiger partial charge is 0.508 e. The summed E-state index contributed by atoms with van der Waals surface area (Å²) in [6.45, 7) is 4.54. The molecule has 2 fully saturated rings. The molecule has 0 amide bonds. The third kappa shape index (κ3) is 2.71. The lowest BCUT2D eigenvalue weighted by Crippen LogP contribution is -2.40. The van der Waals surface area contributed by atoms with Gasteiger partial charge in [0.15, 0.2) is 0 Å². The zero-order valence-corrected chi connectivity index (χ0v) is 12.6. The van der Waals surface area contributed by atoms with Gasteiger partial charge in [-0.05, 0) is 73.6 Å². The molecular weight excluding hydrogens is 246 g/mol. The van der Waals surface area contributed by atoms with E-state index in [2.05, 4.69) is 24.4 Å². The predicted molar refractivity (Wildman–Crippen MR) is 82.9 cm³/mol. The lowest BCUT2D eigenvalue weighted by atomic mass is 9.69. The van der Waals surface area contributed by atoms with E-state index in [0.29, 0.717) is 11.2 Å². The zero-order chi connectivity index (χ0) is 14.0. The first-order valence-corrected chi connectivity index (χ1v) is 8.20. The van der Waals surface area contributed by atoms with E-state index >= 15 is 0 Å². The Bertz CT molecular complexity index is 441. The minimum absolute atomic E-state index is 0.375. The summed E-state index contributed by atoms with van der Waals surface area (Å²) in [6.07, 6.45) is 8.11. The quantitative estimate of drug-likeness (QED) is 0.774. The first kappa shape index (κ1) is 13.9. The van der Waals surface area contributed by atoms with Crippen molar-refractivity contribution in [2.45, 2.75) is 45.4 Å². The Balaban J connectivity index is 1.74. The summed E-state index contributed by atoms with van der Waals surface area (Å²) >= 11 is 0. The Morgan fingerprint density at radius 2 is 2.05 bits per heavy atom. The Kier molecular flexibility index (Phi) is 4.02. The number of hydrogen-bond acceptors (Lipinski definition) is 2. The number of phenols is 1. The Morgan fingerprint density at radius 3 is 2.65 bits per heavy atom. The van der Waals surface area contributed by atoms with Gasteiger partial charge in [-0.3, -0.25) is 0 Å². The maximum absolute atomic E-state index is 9.45. The maximum Gasteiger partial charge on any atom is 0.115 e. The molecule has 0 radical (unpaired) electrons. The van der Waals surface area contributed by atoms with Gasteiger partial charge >= 0.3 is 0 Å². The molecule has 1 aromatic carbocycles. The molecule has 2 saturated carbocycles. The van der Waals surface area contributed by atoms with Crippen LogP contribution in [0.4, 0.5) is 0 Å². The highest BCUT2D eigenvalue weighted by molar-refractivity contribution is 5.27. The topological polar surface area (TPSA) is 32.3 Å². The van der Waals surface area contributed by atoms with Crippen LogP contribution in [0.15, 0.2) is 24.3 Å². The van der Waals surface area contributed by atoms with Gasteiger partial charge in [-0.2, -0.15) is 0 Å². The van der Waals surface area contributed by atoms with Gasteiger partial charge in [0.05, 0.1) is 0 Å². The van der Waals surface area contributed by atoms with Crippen molar-refractivity contribution in [2.75, 3.05) is 13.1 Å². The van der Waals surface area contributed by atoms with Gasteiger partial charge in [-0.25, -0.2) is 0 Å². The van der Waals surface area contributed by atoms with E-state index in [1.54, 1.807) is 0 Å². The van der Waals surface area contributed by atoms with E-state index < -0.39 is 0 Å². The molecule has 3 atom stereocenters. The van der Waals surface area contributed by atoms with E-state index in [1.807, 2.05) is 12.1 Å². The van der Waals surface area contributed by atoms with Crippen LogP contribution in [0.25, 0.3) is 0 Å². The molecule has 20 heavy (non-hydrogen) atoms. The summed E-state index contributed by atoms with van der Waals surface area (Å²) in [5.74, 6) is 2.26. The molecular formula is C18H27NO. The normalized spacial score (nSPS) is 31.9. The van der Waals surface area contributed by atoms with E-state index in [-0.39, 0.29) is 0 Å². The monoisotopic (exact) mass is 273 g/mol. The fraction of sp³-hybridized carbons (Fsp3) is 0.667. The van der Waals surface area contributed by atoms with Crippen LogP contribution in [0.5, 0.6) is 5.75 Å². The van der Waals surface area contributed by atoms with Gasteiger partial charge in [-0.15, -0.1) is 0 Å². The molecule has 2 aliphatic rings. The highest BCUT2D eigenvalue weighted by atomic mass is 16.3. The van der Waals surface area contributed by atoms with Gasteiger partial charge < -0.3 is 10.4 Å². The molecule has 3 rings (SSSR count). The molecule has 2 nitrogen and oxygen atoms in total. The van der Waals surface area contributed by atoms with Crippen molar-refractivity contribution < 1.29 is 5.11 Å². The third-order valence-electron chi connectivity index (χ3n) is 5.50. The lowest BCUT2D eigenvalue weighted by Gasteiger charge is -2.38. The number of hydrogen-bond donors (Lipinski definition) is 2. The van der Waals surface area contributed by atoms with E-state index in [0.717, 1.165) is 18.4 Å². The van der Waals surface area contributed by atoms with Gasteiger partial charge in [0.1, 0.15) is 5.75 Å². The van der Waals surface area contributed by atoms with Crippen molar-refractivity contribution in [3.05, 3.63) is 29.8 Å². The SMILES string of the molecule is CCCNCC1(Cc2ccc(O)cc2)CC2CCC1C2. The molecule has 0 saturated heterocycles. The van der Waals surface area contributed by atoms with Crippen molar-refractivity contribution >= 4 is 0 Å². The van der Waals surface area contributed by atoms with Crippen molar-refractivity contribution in [1.29, 1.82) is 0 Å². The molecule has 0 heterocycles. The van der Waals surface area contributed by atoms with Crippen molar-refractivity contribution in [3.63, 3.8) is 0 Å². The Labute approximate surface area is 122 Å². The standard InChI is InChI=1S/C18H27NO/c1-2-9-19-13-18(12-15-3-6-16(18)10-15)11-14-4-7-17(20)8-5-14/h4-5,7-8,15-16,19-20H,2-3,6,9-13H2,1H3. The van der Waals surface area contributed by atoms with Crippen molar-refractivity contribution in [2.24, 2.45) is 17.3 Å². The number of nitrogens with one attached hydrogen (secondary N) is 1. The smallest absolute Gasteiger partial charge is 0.115 e. The molecule has 2 aliphatic carbocycles. The average Bonchev–Trinajstić information content (AvgIpc) is 3.03. The minimum atomic E-state index is 0.375. The van der Waals surface area contributed by atoms with Crippen LogP contribution >= 0.6 is 0 Å². The van der Waals surface area contributed by atoms with Gasteiger partial charge in [0.2, 0.25) is 0 Å². The molecule has 2 heteroatoms. The summed E-state index contributed by atoms with van der Waals surface area (Å²) in [7, 11) is 0. The first-order valence-electron chi connectivity index (χ1n) is 8.20. The summed E-state index contributed by atoms with van der Waals surface area (Å²) in [4.78, 5) is 0. The second kappa shape index (κ2) is 5.77. The second-order valence-corrected chi connectivity index (χ2v) is 6.96. The zero-order valence-electron chi connectivity index (χ0n) is 12.6. The number of fused-ring (bicyclic) bond motifs is 2. The molecule has 3 unspecified atom stereocenters. The van der Waals surface area contributed by atoms with Gasteiger partial charge in [0.25, 0.3) is 0 Å². The van der Waals surface area contributed by atoms with Crippen molar-refractivity contribution in [1.82, 2.24) is 5.32 Å².